The number of sulfonamides is 1. The molecule has 21 heavy (non-hydrogen) atoms. The van der Waals surface area contributed by atoms with Crippen LogP contribution in [-0.4, -0.2) is 39.4 Å². The van der Waals surface area contributed by atoms with Crippen molar-refractivity contribution in [1.29, 1.82) is 0 Å². The molecular weight excluding hydrogens is 323 g/mol. The van der Waals surface area contributed by atoms with Crippen molar-refractivity contribution in [3.8, 4) is 0 Å². The van der Waals surface area contributed by atoms with Crippen LogP contribution in [0.25, 0.3) is 0 Å². The molecule has 0 amide bonds. The molecule has 1 atom stereocenters. The number of halogens is 2. The number of benzene rings is 1. The molecule has 0 heterocycles. The smallest absolute Gasteiger partial charge is 0.309 e. The lowest BCUT2D eigenvalue weighted by atomic mass is 10.2. The Morgan fingerprint density at radius 1 is 1.52 bits per heavy atom. The minimum Gasteiger partial charge on any atom is -0.469 e. The van der Waals surface area contributed by atoms with E-state index >= 15 is 0 Å². The molecule has 0 bridgehead atoms. The van der Waals surface area contributed by atoms with E-state index in [1.165, 1.54) is 21.1 Å². The van der Waals surface area contributed by atoms with E-state index in [-0.39, 0.29) is 17.3 Å². The molecule has 0 radical (unpaired) electrons. The van der Waals surface area contributed by atoms with Gasteiger partial charge in [0.05, 0.1) is 18.1 Å². The largest absolute Gasteiger partial charge is 0.469 e. The molecule has 1 rings (SSSR count). The summed E-state index contributed by atoms with van der Waals surface area (Å²) in [5, 5.41) is -0.386. The fourth-order valence-electron chi connectivity index (χ4n) is 1.70. The molecule has 1 aromatic carbocycles. The molecule has 9 heteroatoms. The normalized spacial score (nSPS) is 13.2. The molecule has 1 aromatic rings. The summed E-state index contributed by atoms with van der Waals surface area (Å²) in [6.07, 6.45) is 0. The summed E-state index contributed by atoms with van der Waals surface area (Å²) in [6.45, 7) is 1.33. The first-order valence-corrected chi connectivity index (χ1v) is 7.71. The van der Waals surface area contributed by atoms with Gasteiger partial charge >= 0.3 is 5.97 Å². The molecule has 0 aliphatic carbocycles. The Balaban J connectivity index is 3.14. The third-order valence-electron chi connectivity index (χ3n) is 2.84. The molecular formula is C12H16ClFN2O4S. The van der Waals surface area contributed by atoms with Crippen molar-refractivity contribution < 1.29 is 22.3 Å². The second kappa shape index (κ2) is 6.59. The lowest BCUT2D eigenvalue weighted by molar-refractivity contribution is -0.144. The maximum Gasteiger partial charge on any atom is 0.309 e. The number of nitrogens with two attached hydrogens (primary N) is 1. The molecule has 0 aliphatic heterocycles. The lowest BCUT2D eigenvalue weighted by Gasteiger charge is -2.20. The van der Waals surface area contributed by atoms with Crippen molar-refractivity contribution >= 4 is 33.3 Å². The first kappa shape index (κ1) is 17.7. The second-order valence-corrected chi connectivity index (χ2v) is 6.95. The number of carbonyl (C=O) groups is 1. The summed E-state index contributed by atoms with van der Waals surface area (Å²) in [5.41, 5.74) is 5.51. The van der Waals surface area contributed by atoms with Gasteiger partial charge in [0.25, 0.3) is 0 Å². The van der Waals surface area contributed by atoms with Crippen molar-refractivity contribution in [3.63, 3.8) is 0 Å². The van der Waals surface area contributed by atoms with Crippen LogP contribution >= 0.6 is 11.6 Å². The van der Waals surface area contributed by atoms with Crippen LogP contribution in [0.2, 0.25) is 5.02 Å². The Morgan fingerprint density at radius 3 is 2.62 bits per heavy atom. The van der Waals surface area contributed by atoms with Gasteiger partial charge in [-0.3, -0.25) is 4.79 Å². The number of nitrogen functional groups attached to an aromatic ring is 1. The number of ether oxygens (including phenoxy) is 1. The first-order chi connectivity index (χ1) is 9.61. The molecule has 0 saturated carbocycles. The van der Waals surface area contributed by atoms with Crippen LogP contribution < -0.4 is 5.73 Å². The maximum atomic E-state index is 13.9. The van der Waals surface area contributed by atoms with Crippen molar-refractivity contribution in [2.45, 2.75) is 11.8 Å². The number of hydrogen-bond acceptors (Lipinski definition) is 5. The Morgan fingerprint density at radius 2 is 2.10 bits per heavy atom. The first-order valence-electron chi connectivity index (χ1n) is 5.90. The van der Waals surface area contributed by atoms with Crippen LogP contribution in [0.5, 0.6) is 0 Å². The minimum atomic E-state index is -4.17. The van der Waals surface area contributed by atoms with Crippen LogP contribution in [0.1, 0.15) is 6.92 Å². The van der Waals surface area contributed by atoms with Crippen molar-refractivity contribution in [2.24, 2.45) is 5.92 Å². The predicted octanol–water partition coefficient (Wildman–Crippen LogP) is 1.49. The zero-order chi connectivity index (χ0) is 16.4. The highest BCUT2D eigenvalue weighted by molar-refractivity contribution is 7.89. The molecule has 118 valence electrons. The second-order valence-electron chi connectivity index (χ2n) is 4.52. The minimum absolute atomic E-state index is 0.0226. The maximum absolute atomic E-state index is 13.9. The standard InChI is InChI=1S/C12H16ClFN2O4S/c1-7(12(17)20-3)6-16(2)21(18,19)10-5-8(15)4-9(13)11(10)14/h4-5,7H,6,15H2,1-3H3. The van der Waals surface area contributed by atoms with Gasteiger partial charge in [0.2, 0.25) is 10.0 Å². The summed E-state index contributed by atoms with van der Waals surface area (Å²) in [5.74, 6) is -2.35. The number of anilines is 1. The summed E-state index contributed by atoms with van der Waals surface area (Å²) in [7, 11) is -1.74. The van der Waals surface area contributed by atoms with Crippen LogP contribution in [0.4, 0.5) is 10.1 Å². The summed E-state index contributed by atoms with van der Waals surface area (Å²) in [4.78, 5) is 10.7. The SMILES string of the molecule is COC(=O)C(C)CN(C)S(=O)(=O)c1cc(N)cc(Cl)c1F. The van der Waals surface area contributed by atoms with Gasteiger partial charge in [0, 0.05) is 19.3 Å². The van der Waals surface area contributed by atoms with E-state index in [2.05, 4.69) is 4.74 Å². The Bertz CT molecular complexity index is 651. The van der Waals surface area contributed by atoms with Crippen LogP contribution in [0.3, 0.4) is 0 Å². The summed E-state index contributed by atoms with van der Waals surface area (Å²) in [6, 6.07) is 2.10. The highest BCUT2D eigenvalue weighted by Crippen LogP contribution is 2.27. The van der Waals surface area contributed by atoms with Gasteiger partial charge in [0.15, 0.2) is 5.82 Å². The van der Waals surface area contributed by atoms with Gasteiger partial charge in [-0.15, -0.1) is 0 Å². The molecule has 2 N–H and O–H groups in total. The third-order valence-corrected chi connectivity index (χ3v) is 4.94. The van der Waals surface area contributed by atoms with Gasteiger partial charge in [0.1, 0.15) is 4.90 Å². The fraction of sp³-hybridized carbons (Fsp3) is 0.417. The van der Waals surface area contributed by atoms with Crippen LogP contribution in [0, 0.1) is 11.7 Å². The van der Waals surface area contributed by atoms with E-state index in [1.807, 2.05) is 0 Å². The zero-order valence-corrected chi connectivity index (χ0v) is 13.3. The average Bonchev–Trinajstić information content (AvgIpc) is 2.41. The predicted molar refractivity (Wildman–Crippen MR) is 76.8 cm³/mol. The topological polar surface area (TPSA) is 89.7 Å². The number of nitrogens with zero attached hydrogens (tertiary/aromatic N) is 1. The number of methoxy groups -OCH3 is 1. The quantitative estimate of drug-likeness (QED) is 0.649. The van der Waals surface area contributed by atoms with Gasteiger partial charge in [-0.2, -0.15) is 4.31 Å². The number of esters is 1. The Labute approximate surface area is 127 Å². The van der Waals surface area contributed by atoms with Crippen LogP contribution in [-0.2, 0) is 19.6 Å². The van der Waals surface area contributed by atoms with Crippen molar-refractivity contribution in [3.05, 3.63) is 23.0 Å². The number of hydrogen-bond donors (Lipinski definition) is 1. The third kappa shape index (κ3) is 3.84. The number of rotatable bonds is 5. The highest BCUT2D eigenvalue weighted by atomic mass is 35.5. The van der Waals surface area contributed by atoms with Crippen molar-refractivity contribution in [1.82, 2.24) is 4.31 Å². The highest BCUT2D eigenvalue weighted by Gasteiger charge is 2.29. The van der Waals surface area contributed by atoms with E-state index in [0.717, 1.165) is 16.4 Å². The summed E-state index contributed by atoms with van der Waals surface area (Å²) < 4.78 is 43.9. The van der Waals surface area contributed by atoms with Crippen molar-refractivity contribution in [2.75, 3.05) is 26.4 Å². The molecule has 0 fully saturated rings. The number of carbonyl (C=O) groups excluding carboxylic acids is 1. The summed E-state index contributed by atoms with van der Waals surface area (Å²) >= 11 is 5.60. The van der Waals surface area contributed by atoms with Gasteiger partial charge in [-0.25, -0.2) is 12.8 Å². The molecule has 0 aliphatic rings. The fourth-order valence-corrected chi connectivity index (χ4v) is 3.36. The Kier molecular flexibility index (Phi) is 5.54. The molecule has 6 nitrogen and oxygen atoms in total. The lowest BCUT2D eigenvalue weighted by Crippen LogP contribution is -2.34. The van der Waals surface area contributed by atoms with E-state index in [0.29, 0.717) is 0 Å². The van der Waals surface area contributed by atoms with E-state index in [4.69, 9.17) is 17.3 Å². The average molecular weight is 339 g/mol. The van der Waals surface area contributed by atoms with Crippen LogP contribution in [0.15, 0.2) is 17.0 Å². The molecule has 0 saturated heterocycles. The van der Waals surface area contributed by atoms with Gasteiger partial charge in [-0.05, 0) is 12.1 Å². The monoisotopic (exact) mass is 338 g/mol. The molecule has 0 aromatic heterocycles. The van der Waals surface area contributed by atoms with Gasteiger partial charge < -0.3 is 10.5 Å². The Hall–Kier alpha value is -1.38. The van der Waals surface area contributed by atoms with E-state index in [1.54, 1.807) is 0 Å². The van der Waals surface area contributed by atoms with E-state index in [9.17, 15) is 17.6 Å². The van der Waals surface area contributed by atoms with Gasteiger partial charge in [-0.1, -0.05) is 18.5 Å². The molecule has 1 unspecified atom stereocenters. The zero-order valence-electron chi connectivity index (χ0n) is 11.8. The molecule has 0 spiro atoms. The van der Waals surface area contributed by atoms with E-state index < -0.39 is 32.6 Å².